The van der Waals surface area contributed by atoms with Crippen LogP contribution < -0.4 is 4.90 Å². The molecule has 1 aromatic heterocycles. The van der Waals surface area contributed by atoms with Crippen LogP contribution in [0.2, 0.25) is 0 Å². The average Bonchev–Trinajstić information content (AvgIpc) is 3.09. The molecule has 0 saturated carbocycles. The molecule has 1 aliphatic rings. The molecule has 0 amide bonds. The van der Waals surface area contributed by atoms with Crippen LogP contribution >= 0.6 is 11.8 Å². The van der Waals surface area contributed by atoms with Gasteiger partial charge in [-0.1, -0.05) is 30.0 Å². The van der Waals surface area contributed by atoms with Crippen molar-refractivity contribution in [2.24, 2.45) is 0 Å². The monoisotopic (exact) mass is 307 g/mol. The summed E-state index contributed by atoms with van der Waals surface area (Å²) in [6.07, 6.45) is 5.71. The third-order valence-electron chi connectivity index (χ3n) is 4.25. The highest BCUT2D eigenvalue weighted by Gasteiger charge is 2.21. The number of anilines is 2. The van der Waals surface area contributed by atoms with Crippen LogP contribution in [0.3, 0.4) is 0 Å². The molecule has 0 bridgehead atoms. The van der Waals surface area contributed by atoms with Gasteiger partial charge in [0.05, 0.1) is 23.7 Å². The Labute approximate surface area is 134 Å². The molecule has 0 spiro atoms. The van der Waals surface area contributed by atoms with Crippen LogP contribution in [0.25, 0.3) is 0 Å². The van der Waals surface area contributed by atoms with E-state index in [1.54, 1.807) is 0 Å². The lowest BCUT2D eigenvalue weighted by atomic mass is 10.1. The lowest BCUT2D eigenvalue weighted by Gasteiger charge is -2.30. The maximum atomic E-state index is 4.15. The van der Waals surface area contributed by atoms with Crippen LogP contribution in [0.15, 0.2) is 71.0 Å². The summed E-state index contributed by atoms with van der Waals surface area (Å²) < 4.78 is 2.13. The summed E-state index contributed by atoms with van der Waals surface area (Å²) >= 11 is 1.84. The number of rotatable bonds is 2. The van der Waals surface area contributed by atoms with Crippen LogP contribution in [0, 0.1) is 0 Å². The molecule has 4 rings (SSSR count). The van der Waals surface area contributed by atoms with Gasteiger partial charge in [0.1, 0.15) is 0 Å². The lowest BCUT2D eigenvalue weighted by Crippen LogP contribution is -2.15. The maximum absolute atomic E-state index is 4.15. The smallest absolute Gasteiger partial charge is 0.0951 e. The van der Waals surface area contributed by atoms with Crippen LogP contribution in [-0.4, -0.2) is 16.6 Å². The van der Waals surface area contributed by atoms with Gasteiger partial charge < -0.3 is 9.47 Å². The van der Waals surface area contributed by atoms with Gasteiger partial charge in [-0.05, 0) is 36.8 Å². The molecule has 0 fully saturated rings. The number of hydrogen-bond donors (Lipinski definition) is 0. The molecule has 4 heteroatoms. The Morgan fingerprint density at radius 3 is 2.68 bits per heavy atom. The van der Waals surface area contributed by atoms with E-state index in [9.17, 15) is 0 Å². The van der Waals surface area contributed by atoms with Gasteiger partial charge in [-0.15, -0.1) is 0 Å². The first-order valence-corrected chi connectivity index (χ1v) is 8.17. The molecule has 110 valence electrons. The molecule has 1 unspecified atom stereocenters. The fourth-order valence-electron chi connectivity index (χ4n) is 2.88. The predicted octanol–water partition coefficient (Wildman–Crippen LogP) is 4.72. The highest BCUT2D eigenvalue weighted by Crippen LogP contribution is 2.47. The van der Waals surface area contributed by atoms with E-state index in [0.29, 0.717) is 0 Å². The SMILES string of the molecule is CC(c1ccc2c(c1)N(C)c1ccccc1S2)n1ccnc1. The average molecular weight is 307 g/mol. The van der Waals surface area contributed by atoms with E-state index >= 15 is 0 Å². The molecule has 1 atom stereocenters. The molecule has 0 aliphatic carbocycles. The molecule has 3 aromatic rings. The third-order valence-corrected chi connectivity index (χ3v) is 5.38. The van der Waals surface area contributed by atoms with E-state index in [-0.39, 0.29) is 6.04 Å². The molecule has 2 heterocycles. The van der Waals surface area contributed by atoms with Gasteiger partial charge in [0, 0.05) is 29.2 Å². The number of aromatic nitrogens is 2. The zero-order valence-corrected chi connectivity index (χ0v) is 13.4. The number of nitrogens with zero attached hydrogens (tertiary/aromatic N) is 3. The quantitative estimate of drug-likeness (QED) is 0.683. The Hall–Kier alpha value is -2.20. The van der Waals surface area contributed by atoms with Crippen molar-refractivity contribution in [3.8, 4) is 0 Å². The standard InChI is InChI=1S/C18H17N3S/c1-13(21-10-9-19-12-21)14-7-8-18-16(11-14)20(2)15-5-3-4-6-17(15)22-18/h3-13H,1-2H3. The summed E-state index contributed by atoms with van der Waals surface area (Å²) in [7, 11) is 2.14. The second kappa shape index (κ2) is 5.21. The van der Waals surface area contributed by atoms with Crippen molar-refractivity contribution in [2.45, 2.75) is 22.8 Å². The number of para-hydroxylation sites is 1. The molecular formula is C18H17N3S. The number of fused-ring (bicyclic) bond motifs is 2. The fourth-order valence-corrected chi connectivity index (χ4v) is 4.01. The summed E-state index contributed by atoms with van der Waals surface area (Å²) in [5.41, 5.74) is 3.84. The molecule has 3 nitrogen and oxygen atoms in total. The molecule has 0 N–H and O–H groups in total. The zero-order chi connectivity index (χ0) is 15.1. The van der Waals surface area contributed by atoms with E-state index in [2.05, 4.69) is 70.9 Å². The molecule has 2 aromatic carbocycles. The highest BCUT2D eigenvalue weighted by atomic mass is 32.2. The van der Waals surface area contributed by atoms with Crippen molar-refractivity contribution in [3.63, 3.8) is 0 Å². The van der Waals surface area contributed by atoms with Crippen molar-refractivity contribution < 1.29 is 0 Å². The van der Waals surface area contributed by atoms with E-state index < -0.39 is 0 Å². The highest BCUT2D eigenvalue weighted by molar-refractivity contribution is 7.99. The second-order valence-electron chi connectivity index (χ2n) is 5.54. The summed E-state index contributed by atoms with van der Waals surface area (Å²) in [5.74, 6) is 0. The minimum absolute atomic E-state index is 0.281. The van der Waals surface area contributed by atoms with E-state index in [0.717, 1.165) is 0 Å². The molecule has 22 heavy (non-hydrogen) atoms. The minimum atomic E-state index is 0.281. The van der Waals surface area contributed by atoms with Gasteiger partial charge in [-0.25, -0.2) is 4.98 Å². The summed E-state index contributed by atoms with van der Waals surface area (Å²) in [4.78, 5) is 9.05. The molecule has 0 saturated heterocycles. The third kappa shape index (κ3) is 2.11. The van der Waals surface area contributed by atoms with Gasteiger partial charge in [-0.2, -0.15) is 0 Å². The molecular weight excluding hydrogens is 290 g/mol. The van der Waals surface area contributed by atoms with Crippen LogP contribution in [-0.2, 0) is 0 Å². The van der Waals surface area contributed by atoms with Gasteiger partial charge in [-0.3, -0.25) is 0 Å². The zero-order valence-electron chi connectivity index (χ0n) is 12.6. The van der Waals surface area contributed by atoms with E-state index in [1.165, 1.54) is 26.7 Å². The maximum Gasteiger partial charge on any atom is 0.0951 e. The number of imidazole rings is 1. The van der Waals surface area contributed by atoms with Crippen LogP contribution in [0.4, 0.5) is 11.4 Å². The fraction of sp³-hybridized carbons (Fsp3) is 0.167. The van der Waals surface area contributed by atoms with Crippen LogP contribution in [0.5, 0.6) is 0 Å². The van der Waals surface area contributed by atoms with Crippen molar-refractivity contribution in [3.05, 3.63) is 66.7 Å². The number of hydrogen-bond acceptors (Lipinski definition) is 3. The van der Waals surface area contributed by atoms with Crippen molar-refractivity contribution in [2.75, 3.05) is 11.9 Å². The second-order valence-corrected chi connectivity index (χ2v) is 6.63. The summed E-state index contributed by atoms with van der Waals surface area (Å²) in [6.45, 7) is 2.20. The van der Waals surface area contributed by atoms with Gasteiger partial charge in [0.15, 0.2) is 0 Å². The topological polar surface area (TPSA) is 21.1 Å². The van der Waals surface area contributed by atoms with Gasteiger partial charge >= 0.3 is 0 Å². The van der Waals surface area contributed by atoms with Crippen LogP contribution in [0.1, 0.15) is 18.5 Å². The first-order valence-electron chi connectivity index (χ1n) is 7.36. The first kappa shape index (κ1) is 13.5. The molecule has 1 aliphatic heterocycles. The summed E-state index contributed by atoms with van der Waals surface area (Å²) in [6, 6.07) is 15.6. The largest absolute Gasteiger partial charge is 0.343 e. The molecule has 0 radical (unpaired) electrons. The Kier molecular flexibility index (Phi) is 3.19. The Morgan fingerprint density at radius 2 is 1.86 bits per heavy atom. The van der Waals surface area contributed by atoms with Crippen molar-refractivity contribution >= 4 is 23.1 Å². The van der Waals surface area contributed by atoms with E-state index in [1.807, 2.05) is 30.5 Å². The normalized spacial score (nSPS) is 14.4. The first-order chi connectivity index (χ1) is 10.7. The Balaban J connectivity index is 1.75. The summed E-state index contributed by atoms with van der Waals surface area (Å²) in [5, 5.41) is 0. The van der Waals surface area contributed by atoms with Gasteiger partial charge in [0.25, 0.3) is 0 Å². The lowest BCUT2D eigenvalue weighted by molar-refractivity contribution is 0.638. The van der Waals surface area contributed by atoms with E-state index in [4.69, 9.17) is 0 Å². The Bertz CT molecular complexity index is 811. The van der Waals surface area contributed by atoms with Crippen molar-refractivity contribution in [1.82, 2.24) is 9.55 Å². The van der Waals surface area contributed by atoms with Crippen molar-refractivity contribution in [1.29, 1.82) is 0 Å². The van der Waals surface area contributed by atoms with Gasteiger partial charge in [0.2, 0.25) is 0 Å². The Morgan fingerprint density at radius 1 is 1.05 bits per heavy atom. The predicted molar refractivity (Wildman–Crippen MR) is 91.1 cm³/mol. The minimum Gasteiger partial charge on any atom is -0.343 e. The number of benzene rings is 2.